The van der Waals surface area contributed by atoms with E-state index < -0.39 is 36.8 Å². The van der Waals surface area contributed by atoms with Gasteiger partial charge < -0.3 is 0 Å². The molecule has 0 saturated heterocycles. The first-order chi connectivity index (χ1) is 6.55. The van der Waals surface area contributed by atoms with Crippen molar-refractivity contribution in [3.8, 4) is 0 Å². The molecule has 0 saturated carbocycles. The van der Waals surface area contributed by atoms with Gasteiger partial charge in [0.15, 0.2) is 0 Å². The van der Waals surface area contributed by atoms with Crippen molar-refractivity contribution in [1.82, 2.24) is 0 Å². The van der Waals surface area contributed by atoms with E-state index in [-0.39, 0.29) is 0 Å². The van der Waals surface area contributed by atoms with Gasteiger partial charge in [-0.25, -0.2) is 0 Å². The van der Waals surface area contributed by atoms with Gasteiger partial charge in [0.2, 0.25) is 0 Å². The van der Waals surface area contributed by atoms with Crippen molar-refractivity contribution in [1.29, 1.82) is 0 Å². The number of rotatable bonds is 2. The zero-order valence-corrected chi connectivity index (χ0v) is 17.9. The Labute approximate surface area is 107 Å². The zero-order chi connectivity index (χ0) is 12.0. The van der Waals surface area contributed by atoms with Crippen LogP contribution in [0, 0.1) is 13.8 Å². The molecule has 15 heavy (non-hydrogen) atoms. The molecular formula is C12H24SSn2. The van der Waals surface area contributed by atoms with Crippen LogP contribution in [0.5, 0.6) is 0 Å². The molecule has 1 aromatic rings. The minimum atomic E-state index is -1.85. The molecule has 1 aromatic heterocycles. The van der Waals surface area contributed by atoms with E-state index in [0.717, 1.165) is 0 Å². The minimum absolute atomic E-state index is 1.64. The van der Waals surface area contributed by atoms with Gasteiger partial charge >= 0.3 is 108 Å². The van der Waals surface area contributed by atoms with E-state index in [0.29, 0.717) is 0 Å². The monoisotopic (exact) mass is 440 g/mol. The van der Waals surface area contributed by atoms with E-state index in [1.807, 2.05) is 5.79 Å². The second-order valence-corrected chi connectivity index (χ2v) is 38.1. The second-order valence-electron chi connectivity index (χ2n) is 6.51. The molecule has 0 spiro atoms. The molecule has 0 atom stereocenters. The quantitative estimate of drug-likeness (QED) is 0.622. The van der Waals surface area contributed by atoms with Gasteiger partial charge in [0.1, 0.15) is 0 Å². The average molecular weight is 438 g/mol. The molecule has 3 heteroatoms. The maximum absolute atomic E-state index is 2.54. The number of hydrogen-bond donors (Lipinski definition) is 0. The van der Waals surface area contributed by atoms with Crippen molar-refractivity contribution in [2.45, 2.75) is 43.5 Å². The van der Waals surface area contributed by atoms with Gasteiger partial charge in [-0.1, -0.05) is 0 Å². The predicted molar refractivity (Wildman–Crippen MR) is 79.8 cm³/mol. The van der Waals surface area contributed by atoms with Gasteiger partial charge in [0.25, 0.3) is 0 Å². The molecule has 86 valence electrons. The molecule has 1 rings (SSSR count). The van der Waals surface area contributed by atoms with Crippen LogP contribution in [0.4, 0.5) is 0 Å². The fraction of sp³-hybridized carbons (Fsp3) is 0.667. The molecule has 0 unspecified atom stereocenters. The van der Waals surface area contributed by atoms with Crippen LogP contribution >= 0.6 is 11.3 Å². The van der Waals surface area contributed by atoms with Crippen molar-refractivity contribution in [3.05, 3.63) is 11.1 Å². The predicted octanol–water partition coefficient (Wildman–Crippen LogP) is 3.46. The molecular weight excluding hydrogens is 414 g/mol. The van der Waals surface area contributed by atoms with Crippen molar-refractivity contribution in [2.75, 3.05) is 0 Å². The van der Waals surface area contributed by atoms with Crippen LogP contribution in [0.25, 0.3) is 0 Å². The van der Waals surface area contributed by atoms with Gasteiger partial charge in [-0.15, -0.1) is 0 Å². The SMILES string of the molecule is Cc1[c]([Sn]([CH3])([CH3])[CH3])s[c]([Sn]([CH3])([CH3])[CH3])c1C. The normalized spacial score (nSPS) is 13.3. The summed E-state index contributed by atoms with van der Waals surface area (Å²) in [6, 6.07) is 0. The topological polar surface area (TPSA) is 0 Å². The Bertz CT molecular complexity index is 330. The molecule has 0 aliphatic carbocycles. The molecule has 0 radical (unpaired) electrons. The fourth-order valence-electron chi connectivity index (χ4n) is 2.03. The molecule has 0 aliphatic rings. The van der Waals surface area contributed by atoms with Gasteiger partial charge in [-0.3, -0.25) is 0 Å². The molecule has 0 aliphatic heterocycles. The van der Waals surface area contributed by atoms with Crippen LogP contribution in [-0.2, 0) is 0 Å². The molecule has 0 amide bonds. The summed E-state index contributed by atoms with van der Waals surface area (Å²) in [6.07, 6.45) is 0. The van der Waals surface area contributed by atoms with E-state index in [1.54, 1.807) is 11.1 Å². The second kappa shape index (κ2) is 4.52. The third-order valence-corrected chi connectivity index (χ3v) is 23.7. The number of thiophene rings is 1. The first kappa shape index (κ1) is 14.4. The fourth-order valence-corrected chi connectivity index (χ4v) is 20.4. The molecule has 0 aromatic carbocycles. The molecule has 0 N–H and O–H groups in total. The number of hydrogen-bond acceptors (Lipinski definition) is 1. The summed E-state index contributed by atoms with van der Waals surface area (Å²) in [5.74, 6) is 0. The molecule has 0 nitrogen and oxygen atoms in total. The van der Waals surface area contributed by atoms with Crippen molar-refractivity contribution in [2.24, 2.45) is 0 Å². The van der Waals surface area contributed by atoms with Crippen LogP contribution in [0.3, 0.4) is 0 Å². The Hall–Kier alpha value is 1.30. The van der Waals surface area contributed by atoms with Crippen molar-refractivity contribution >= 4 is 53.9 Å². The summed E-state index contributed by atoms with van der Waals surface area (Å²) in [5.41, 5.74) is 3.29. The molecule has 0 bridgehead atoms. The van der Waals surface area contributed by atoms with E-state index in [1.165, 1.54) is 0 Å². The van der Waals surface area contributed by atoms with Crippen molar-refractivity contribution in [3.63, 3.8) is 0 Å². The van der Waals surface area contributed by atoms with Crippen LogP contribution in [0.1, 0.15) is 11.1 Å². The van der Waals surface area contributed by atoms with Crippen LogP contribution < -0.4 is 5.79 Å². The van der Waals surface area contributed by atoms with Gasteiger partial charge in [-0.05, 0) is 0 Å². The third-order valence-electron chi connectivity index (χ3n) is 2.81. The Balaban J connectivity index is 3.38. The van der Waals surface area contributed by atoms with Crippen LogP contribution in [0.2, 0.25) is 29.6 Å². The van der Waals surface area contributed by atoms with Gasteiger partial charge in [0.05, 0.1) is 0 Å². The Kier molecular flexibility index (Phi) is 4.33. The first-order valence-electron chi connectivity index (χ1n) is 5.66. The Morgan fingerprint density at radius 3 is 1.07 bits per heavy atom. The summed E-state index contributed by atoms with van der Waals surface area (Å²) in [7, 11) is 0. The maximum atomic E-state index is 2.54. The third kappa shape index (κ3) is 3.15. The van der Waals surface area contributed by atoms with Crippen molar-refractivity contribution < 1.29 is 0 Å². The first-order valence-corrected chi connectivity index (χ1v) is 26.5. The van der Waals surface area contributed by atoms with Crippen LogP contribution in [0.15, 0.2) is 0 Å². The van der Waals surface area contributed by atoms with E-state index in [2.05, 4.69) is 54.8 Å². The molecule has 0 fully saturated rings. The summed E-state index contributed by atoms with van der Waals surface area (Å²) in [4.78, 5) is 15.2. The summed E-state index contributed by atoms with van der Waals surface area (Å²) < 4.78 is 3.62. The Morgan fingerprint density at radius 2 is 0.933 bits per heavy atom. The van der Waals surface area contributed by atoms with E-state index in [9.17, 15) is 0 Å². The van der Waals surface area contributed by atoms with Gasteiger partial charge in [0, 0.05) is 0 Å². The summed E-state index contributed by atoms with van der Waals surface area (Å²) in [6.45, 7) is 4.70. The van der Waals surface area contributed by atoms with Crippen LogP contribution in [-0.4, -0.2) is 36.8 Å². The van der Waals surface area contributed by atoms with E-state index in [4.69, 9.17) is 0 Å². The standard InChI is InChI=1S/C6H6S.6CH3.2Sn/c1-5-3-7-4-6(5)2;;;;;;;;/h1-2H3;6*1H3;;. The average Bonchev–Trinajstić information content (AvgIpc) is 2.26. The summed E-state index contributed by atoms with van der Waals surface area (Å²) >= 11 is -1.51. The zero-order valence-electron chi connectivity index (χ0n) is 11.4. The summed E-state index contributed by atoms with van der Waals surface area (Å²) in [5, 5.41) is 0. The van der Waals surface area contributed by atoms with Gasteiger partial charge in [-0.2, -0.15) is 0 Å². The molecule has 1 heterocycles. The van der Waals surface area contributed by atoms with E-state index >= 15 is 0 Å². The Morgan fingerprint density at radius 1 is 0.667 bits per heavy atom.